The number of carbonyl (C=O) groups excluding carboxylic acids is 1. The van der Waals surface area contributed by atoms with Crippen LogP contribution in [0.2, 0.25) is 0 Å². The molecule has 2 aromatic rings. The normalized spacial score (nSPS) is 23.7. The summed E-state index contributed by atoms with van der Waals surface area (Å²) in [6, 6.07) is 0.271. The number of nitrogens with zero attached hydrogens (tertiary/aromatic N) is 5. The second-order valence-electron chi connectivity index (χ2n) is 7.08. The Morgan fingerprint density at radius 3 is 3.04 bits per heavy atom. The van der Waals surface area contributed by atoms with Crippen LogP contribution in [0.4, 0.5) is 0 Å². The molecule has 134 valence electrons. The lowest BCUT2D eigenvalue weighted by Crippen LogP contribution is -2.54. The summed E-state index contributed by atoms with van der Waals surface area (Å²) < 4.78 is 7.63. The Bertz CT molecular complexity index is 785. The van der Waals surface area contributed by atoms with Crippen LogP contribution in [-0.2, 0) is 16.0 Å². The van der Waals surface area contributed by atoms with Crippen LogP contribution in [0.25, 0.3) is 5.78 Å². The van der Waals surface area contributed by atoms with Crippen molar-refractivity contribution in [2.24, 2.45) is 0 Å². The molecule has 0 N–H and O–H groups in total. The Kier molecular flexibility index (Phi) is 4.41. The molecule has 1 saturated heterocycles. The molecule has 0 radical (unpaired) electrons. The molecule has 2 atom stereocenters. The van der Waals surface area contributed by atoms with Gasteiger partial charge in [-0.2, -0.15) is 10.1 Å². The monoisotopic (exact) mass is 343 g/mol. The van der Waals surface area contributed by atoms with E-state index in [2.05, 4.69) is 20.0 Å². The fourth-order valence-electron chi connectivity index (χ4n) is 4.30. The average molecular weight is 343 g/mol. The lowest BCUT2D eigenvalue weighted by Gasteiger charge is -2.43. The summed E-state index contributed by atoms with van der Waals surface area (Å²) in [4.78, 5) is 23.6. The molecule has 4 rings (SSSR count). The molecule has 25 heavy (non-hydrogen) atoms. The highest BCUT2D eigenvalue weighted by molar-refractivity contribution is 5.77. The van der Waals surface area contributed by atoms with Crippen LogP contribution in [0.1, 0.15) is 49.1 Å². The molecular formula is C18H25N5O2. The molecule has 3 heterocycles. The molecule has 1 aliphatic heterocycles. The van der Waals surface area contributed by atoms with Gasteiger partial charge in [-0.15, -0.1) is 0 Å². The zero-order valence-electron chi connectivity index (χ0n) is 14.9. The highest BCUT2D eigenvalue weighted by Gasteiger charge is 2.36. The molecule has 0 aromatic carbocycles. The van der Waals surface area contributed by atoms with Gasteiger partial charge in [0.15, 0.2) is 0 Å². The number of morpholine rings is 1. The zero-order valence-corrected chi connectivity index (χ0v) is 14.9. The van der Waals surface area contributed by atoms with Crippen LogP contribution in [0, 0.1) is 13.8 Å². The minimum absolute atomic E-state index is 0.234. The molecule has 0 bridgehead atoms. The van der Waals surface area contributed by atoms with Crippen molar-refractivity contribution in [1.82, 2.24) is 24.5 Å². The van der Waals surface area contributed by atoms with Gasteiger partial charge in [-0.3, -0.25) is 4.79 Å². The summed E-state index contributed by atoms with van der Waals surface area (Å²) in [5, 5.41) is 4.22. The Hall–Kier alpha value is -2.02. The number of hydrogen-bond acceptors (Lipinski definition) is 5. The predicted molar refractivity (Wildman–Crippen MR) is 92.3 cm³/mol. The van der Waals surface area contributed by atoms with Gasteiger partial charge in [-0.1, -0.05) is 12.8 Å². The van der Waals surface area contributed by atoms with E-state index in [0.29, 0.717) is 25.2 Å². The van der Waals surface area contributed by atoms with Crippen LogP contribution in [0.3, 0.4) is 0 Å². The minimum Gasteiger partial charge on any atom is -0.374 e. The summed E-state index contributed by atoms with van der Waals surface area (Å²) in [7, 11) is 0. The van der Waals surface area contributed by atoms with E-state index >= 15 is 0 Å². The van der Waals surface area contributed by atoms with Crippen molar-refractivity contribution in [3.05, 3.63) is 23.3 Å². The van der Waals surface area contributed by atoms with E-state index < -0.39 is 0 Å². The van der Waals surface area contributed by atoms with Crippen molar-refractivity contribution in [1.29, 1.82) is 0 Å². The van der Waals surface area contributed by atoms with Crippen molar-refractivity contribution in [3.8, 4) is 0 Å². The first-order chi connectivity index (χ1) is 12.1. The van der Waals surface area contributed by atoms with E-state index in [1.165, 1.54) is 19.2 Å². The first-order valence-electron chi connectivity index (χ1n) is 9.22. The highest BCUT2D eigenvalue weighted by Crippen LogP contribution is 2.29. The molecule has 1 aliphatic carbocycles. The number of carbonyl (C=O) groups is 1. The quantitative estimate of drug-likeness (QED) is 0.850. The molecule has 0 spiro atoms. The molecule has 2 fully saturated rings. The first-order valence-corrected chi connectivity index (χ1v) is 9.22. The lowest BCUT2D eigenvalue weighted by atomic mass is 9.90. The van der Waals surface area contributed by atoms with E-state index in [1.54, 1.807) is 4.52 Å². The van der Waals surface area contributed by atoms with Gasteiger partial charge in [-0.25, -0.2) is 9.50 Å². The maximum atomic E-state index is 12.9. The third-order valence-corrected chi connectivity index (χ3v) is 5.63. The Labute approximate surface area is 147 Å². The van der Waals surface area contributed by atoms with Gasteiger partial charge in [-0.05, 0) is 38.7 Å². The van der Waals surface area contributed by atoms with Gasteiger partial charge in [0.1, 0.15) is 6.33 Å². The van der Waals surface area contributed by atoms with Crippen LogP contribution in [0.5, 0.6) is 0 Å². The Morgan fingerprint density at radius 1 is 1.32 bits per heavy atom. The number of aryl methyl sites for hydroxylation is 2. The number of ether oxygens (including phenoxy) is 1. The summed E-state index contributed by atoms with van der Waals surface area (Å²) >= 11 is 0. The SMILES string of the molecule is Cc1nc2ncnn2c(C)c1CCC(=O)N1CCO[C@@H]2CCCC[C@H]21. The molecule has 7 nitrogen and oxygen atoms in total. The molecule has 1 amide bonds. The maximum Gasteiger partial charge on any atom is 0.252 e. The molecule has 2 aliphatic rings. The average Bonchev–Trinajstić information content (AvgIpc) is 3.09. The van der Waals surface area contributed by atoms with Crippen molar-refractivity contribution in [2.75, 3.05) is 13.2 Å². The van der Waals surface area contributed by atoms with Gasteiger partial charge in [0.05, 0.1) is 18.8 Å². The van der Waals surface area contributed by atoms with E-state index in [4.69, 9.17) is 4.74 Å². The largest absolute Gasteiger partial charge is 0.374 e. The molecule has 1 saturated carbocycles. The summed E-state index contributed by atoms with van der Waals surface area (Å²) in [6.45, 7) is 5.38. The van der Waals surface area contributed by atoms with Crippen molar-refractivity contribution >= 4 is 11.7 Å². The second kappa shape index (κ2) is 6.71. The Morgan fingerprint density at radius 2 is 2.16 bits per heavy atom. The number of fused-ring (bicyclic) bond motifs is 2. The van der Waals surface area contributed by atoms with Gasteiger partial charge in [0, 0.05) is 24.4 Å². The molecule has 2 aromatic heterocycles. The topological polar surface area (TPSA) is 72.6 Å². The highest BCUT2D eigenvalue weighted by atomic mass is 16.5. The van der Waals surface area contributed by atoms with Crippen molar-refractivity contribution < 1.29 is 9.53 Å². The lowest BCUT2D eigenvalue weighted by molar-refractivity contribution is -0.149. The van der Waals surface area contributed by atoms with Gasteiger partial charge in [0.2, 0.25) is 5.91 Å². The number of amides is 1. The summed E-state index contributed by atoms with van der Waals surface area (Å²) in [5.41, 5.74) is 3.05. The van der Waals surface area contributed by atoms with E-state index in [9.17, 15) is 4.79 Å². The van der Waals surface area contributed by atoms with Crippen molar-refractivity contribution in [3.63, 3.8) is 0 Å². The van der Waals surface area contributed by atoms with E-state index in [0.717, 1.165) is 36.3 Å². The molecular weight excluding hydrogens is 318 g/mol. The van der Waals surface area contributed by atoms with Crippen molar-refractivity contribution in [2.45, 2.75) is 64.5 Å². The smallest absolute Gasteiger partial charge is 0.252 e. The number of aromatic nitrogens is 4. The third-order valence-electron chi connectivity index (χ3n) is 5.63. The maximum absolute atomic E-state index is 12.9. The molecule has 7 heteroatoms. The summed E-state index contributed by atoms with van der Waals surface area (Å²) in [6.07, 6.45) is 7.51. The van der Waals surface area contributed by atoms with Crippen LogP contribution < -0.4 is 0 Å². The minimum atomic E-state index is 0.234. The fraction of sp³-hybridized carbons (Fsp3) is 0.667. The number of hydrogen-bond donors (Lipinski definition) is 0. The van der Waals surface area contributed by atoms with Gasteiger partial charge in [0.25, 0.3) is 5.78 Å². The van der Waals surface area contributed by atoms with Crippen LogP contribution >= 0.6 is 0 Å². The third kappa shape index (κ3) is 3.01. The first kappa shape index (κ1) is 16.4. The van der Waals surface area contributed by atoms with E-state index in [-0.39, 0.29) is 18.1 Å². The Balaban J connectivity index is 1.48. The van der Waals surface area contributed by atoms with Gasteiger partial charge < -0.3 is 9.64 Å². The van der Waals surface area contributed by atoms with Gasteiger partial charge >= 0.3 is 0 Å². The van der Waals surface area contributed by atoms with Crippen LogP contribution in [-0.4, -0.2) is 55.7 Å². The standard InChI is InChI=1S/C18H25N5O2/c1-12-14(13(2)23-18(21-12)19-11-20-23)7-8-17(24)22-9-10-25-16-6-4-3-5-15(16)22/h11,15-16H,3-10H2,1-2H3/t15-,16-/m1/s1. The predicted octanol–water partition coefficient (Wildman–Crippen LogP) is 1.84. The number of rotatable bonds is 3. The van der Waals surface area contributed by atoms with Crippen LogP contribution in [0.15, 0.2) is 6.33 Å². The molecule has 0 unspecified atom stereocenters. The van der Waals surface area contributed by atoms with E-state index in [1.807, 2.05) is 13.8 Å². The summed E-state index contributed by atoms with van der Waals surface area (Å²) in [5.74, 6) is 0.848. The second-order valence-corrected chi connectivity index (χ2v) is 7.08. The zero-order chi connectivity index (χ0) is 17.4. The fourth-order valence-corrected chi connectivity index (χ4v) is 4.30.